The molecule has 0 radical (unpaired) electrons. The smallest absolute Gasteiger partial charge is 0.822 e. The first kappa shape index (κ1) is 92.7. The standard InChI is InChI=1S/7K.4Na.2H4O7P2.H3O4P/c;;;;;;;;;;;2*1-8(2,3)7-9(4,5)6;1-5(2,3)4/h;;;;;;;;;;;2*(H2,1,2,3)(H2,4,5,6);(H3,1,2,3,4)/q11*+1;;;/p-11. The summed E-state index contributed by atoms with van der Waals surface area (Å²) in [6.07, 6.45) is 0. The molecular weight excluding hydrogens is 808 g/mol. The zero-order valence-corrected chi connectivity index (χ0v) is 54.9. The predicted molar refractivity (Wildman–Crippen MR) is 40.2 cm³/mol. The normalized spacial score (nSPS) is 9.03. The Morgan fingerprint density at radius 1 is 0.324 bits per heavy atom. The molecule has 0 fully saturated rings. The van der Waals surface area contributed by atoms with Gasteiger partial charge in [-0.15, -0.1) is 0 Å². The first-order chi connectivity index (χ1) is 9.41. The summed E-state index contributed by atoms with van der Waals surface area (Å²) in [6.45, 7) is 0. The quantitative estimate of drug-likeness (QED) is 0.188. The van der Waals surface area contributed by atoms with Crippen LogP contribution in [0.4, 0.5) is 0 Å². The van der Waals surface area contributed by atoms with Crippen LogP contribution in [-0.2, 0) is 31.4 Å². The van der Waals surface area contributed by atoms with Crippen LogP contribution in [0.15, 0.2) is 0 Å². The van der Waals surface area contributed by atoms with Gasteiger partial charge in [0, 0.05) is 0 Å². The van der Waals surface area contributed by atoms with E-state index in [1.54, 1.807) is 0 Å². The fraction of sp³-hybridized carbons (Fsp3) is 0. The molecule has 0 rings (SSSR count). The topological polar surface area (TPSA) is 357 Å². The molecule has 0 spiro atoms. The van der Waals surface area contributed by atoms with Gasteiger partial charge < -0.3 is 85.3 Å². The Balaban J connectivity index is -0.0000000130. The molecule has 0 heterocycles. The van der Waals surface area contributed by atoms with E-state index in [2.05, 4.69) is 8.62 Å². The van der Waals surface area contributed by atoms with E-state index in [4.69, 9.17) is 19.2 Å². The third-order valence-electron chi connectivity index (χ3n) is 0.400. The van der Waals surface area contributed by atoms with Gasteiger partial charge in [-0.1, -0.05) is 0 Å². The van der Waals surface area contributed by atoms with E-state index in [0.717, 1.165) is 0 Å². The number of phosphoric acid groups is 5. The second-order valence-electron chi connectivity index (χ2n) is 2.40. The van der Waals surface area contributed by atoms with Crippen molar-refractivity contribution in [1.82, 2.24) is 0 Å². The van der Waals surface area contributed by atoms with Crippen LogP contribution < -0.4 is 532 Å². The van der Waals surface area contributed by atoms with Crippen molar-refractivity contribution in [1.29, 1.82) is 0 Å². The second-order valence-corrected chi connectivity index (χ2v) is 8.18. The monoisotopic (exact) mass is 807 g/mol. The summed E-state index contributed by atoms with van der Waals surface area (Å²) in [5.41, 5.74) is 0. The van der Waals surface area contributed by atoms with E-state index in [1.165, 1.54) is 0 Å². The Labute approximate surface area is 581 Å². The van der Waals surface area contributed by atoms with Crippen molar-refractivity contribution in [3.8, 4) is 0 Å². The summed E-state index contributed by atoms with van der Waals surface area (Å²) >= 11 is 0. The third-order valence-corrected chi connectivity index (χ3v) is 3.60. The minimum absolute atomic E-state index is 0. The molecule has 0 atom stereocenters. The molecule has 34 heavy (non-hydrogen) atoms. The fourth-order valence-corrected chi connectivity index (χ4v) is 2.20. The first-order valence-electron chi connectivity index (χ1n) is 3.65. The van der Waals surface area contributed by atoms with Crippen LogP contribution in [0.5, 0.6) is 0 Å². The van der Waals surface area contributed by atoms with Gasteiger partial charge in [0.25, 0.3) is 0 Å². The summed E-state index contributed by atoms with van der Waals surface area (Å²) < 4.78 is 50.9. The van der Waals surface area contributed by atoms with Gasteiger partial charge in [-0.25, -0.2) is 0 Å². The molecule has 0 aromatic carbocycles. The summed E-state index contributed by atoms with van der Waals surface area (Å²) in [6, 6.07) is 0. The zero-order valence-electron chi connectivity index (χ0n) is 20.6. The van der Waals surface area contributed by atoms with E-state index < -0.39 is 39.1 Å². The van der Waals surface area contributed by atoms with Gasteiger partial charge in [0.15, 0.2) is 0 Å². The van der Waals surface area contributed by atoms with E-state index in [1.807, 2.05) is 0 Å². The predicted octanol–water partition coefficient (Wildman–Crippen LogP) is -42.5. The maximum Gasteiger partial charge on any atom is 1.00 e. The minimum atomic E-state index is -5.68. The van der Waals surface area contributed by atoms with E-state index in [-0.39, 0.29) is 478 Å². The SMILES string of the molecule is O=P([O-])([O-])OP(=O)([O-])[O-].O=P([O-])([O-])OP(=O)([O-])[O-].O=P([O-])([O-])[O-].[K+].[K+].[K+].[K+].[K+].[K+].[K+].[Na+].[Na+].[Na+].[Na+]. The van der Waals surface area contributed by atoms with Crippen molar-refractivity contribution < 1.29 is 563 Å². The van der Waals surface area contributed by atoms with Gasteiger partial charge in [-0.3, -0.25) is 0 Å². The molecule has 0 aromatic rings. The molecule has 0 saturated carbocycles. The molecular formula is K7Na4O18P5. The average Bonchev–Trinajstić information content (AvgIpc) is 1.81. The molecule has 34 heteroatoms. The summed E-state index contributed by atoms with van der Waals surface area (Å²) in [5, 5.41) is 0. The molecule has 0 aliphatic rings. The van der Waals surface area contributed by atoms with E-state index in [9.17, 15) is 57.4 Å². The molecule has 0 saturated heterocycles. The van der Waals surface area contributed by atoms with Crippen LogP contribution in [0.25, 0.3) is 0 Å². The molecule has 0 unspecified atom stereocenters. The molecule has 18 nitrogen and oxygen atoms in total. The Morgan fingerprint density at radius 2 is 0.382 bits per heavy atom. The first-order valence-corrected chi connectivity index (χ1v) is 11.0. The van der Waals surface area contributed by atoms with Gasteiger partial charge in [0.2, 0.25) is 0 Å². The Hall–Kier alpha value is 16.1. The molecule has 0 aliphatic heterocycles. The van der Waals surface area contributed by atoms with Crippen LogP contribution in [0.2, 0.25) is 0 Å². The molecule has 0 aromatic heterocycles. The Morgan fingerprint density at radius 3 is 0.382 bits per heavy atom. The molecule has 144 valence electrons. The maximum absolute atomic E-state index is 9.32. The molecule has 0 bridgehead atoms. The van der Waals surface area contributed by atoms with Crippen LogP contribution in [0.1, 0.15) is 0 Å². The van der Waals surface area contributed by atoms with Crippen molar-refractivity contribution in [3.05, 3.63) is 0 Å². The van der Waals surface area contributed by atoms with Crippen molar-refractivity contribution in [3.63, 3.8) is 0 Å². The average molecular weight is 808 g/mol. The van der Waals surface area contributed by atoms with Crippen molar-refractivity contribution in [2.75, 3.05) is 0 Å². The van der Waals surface area contributed by atoms with Crippen LogP contribution in [0, 0.1) is 0 Å². The third kappa shape index (κ3) is 135. The van der Waals surface area contributed by atoms with Crippen LogP contribution in [-0.4, -0.2) is 0 Å². The Kier molecular flexibility index (Phi) is 134. The van der Waals surface area contributed by atoms with Gasteiger partial charge in [-0.05, 0) is 0 Å². The van der Waals surface area contributed by atoms with Gasteiger partial charge in [-0.2, -0.15) is 7.82 Å². The van der Waals surface area contributed by atoms with Gasteiger partial charge in [0.1, 0.15) is 0 Å². The number of hydrogen-bond acceptors (Lipinski definition) is 18. The summed E-state index contributed by atoms with van der Waals surface area (Å²) in [4.78, 5) is 100. The van der Waals surface area contributed by atoms with Gasteiger partial charge >= 0.3 is 478 Å². The number of rotatable bonds is 4. The van der Waals surface area contributed by atoms with Crippen LogP contribution in [0.3, 0.4) is 0 Å². The minimum Gasteiger partial charge on any atom is -0.822 e. The van der Waals surface area contributed by atoms with Crippen LogP contribution >= 0.6 is 39.1 Å². The van der Waals surface area contributed by atoms with Crippen molar-refractivity contribution in [2.45, 2.75) is 0 Å². The second kappa shape index (κ2) is 49.1. The largest absolute Gasteiger partial charge is 1.00 e. The fourth-order valence-electron chi connectivity index (χ4n) is 0.245. The van der Waals surface area contributed by atoms with Gasteiger partial charge in [0.05, 0.1) is 31.3 Å². The van der Waals surface area contributed by atoms with Crippen molar-refractivity contribution >= 4 is 39.1 Å². The summed E-state index contributed by atoms with van der Waals surface area (Å²) in [5.74, 6) is 0. The molecule has 0 aliphatic carbocycles. The molecule has 0 N–H and O–H groups in total. The Bertz CT molecular complexity index is 501. The van der Waals surface area contributed by atoms with Crippen molar-refractivity contribution in [2.24, 2.45) is 0 Å². The number of hydrogen-bond donors (Lipinski definition) is 0. The van der Waals surface area contributed by atoms with E-state index in [0.29, 0.717) is 0 Å². The maximum atomic E-state index is 9.32. The molecule has 0 amide bonds. The summed E-state index contributed by atoms with van der Waals surface area (Å²) in [7, 11) is -28.1. The zero-order chi connectivity index (χ0) is 19.9. The van der Waals surface area contributed by atoms with E-state index >= 15 is 0 Å².